The van der Waals surface area contributed by atoms with E-state index in [1.165, 1.54) is 5.56 Å². The number of para-hydroxylation sites is 1. The van der Waals surface area contributed by atoms with Gasteiger partial charge in [-0.1, -0.05) is 60.7 Å². The average molecular weight is 713 g/mol. The number of hydrogen-bond acceptors (Lipinski definition) is 6. The van der Waals surface area contributed by atoms with Crippen LogP contribution in [0.1, 0.15) is 47.2 Å². The summed E-state index contributed by atoms with van der Waals surface area (Å²) in [5.74, 6) is 3.01. The van der Waals surface area contributed by atoms with E-state index >= 15 is 0 Å². The number of likely N-dealkylation sites (N-methyl/N-ethyl adjacent to an activating group) is 1. The zero-order chi connectivity index (χ0) is 37.3. The minimum atomic E-state index is -0.148. The molecule has 1 aromatic heterocycles. The Bertz CT molecular complexity index is 2010. The number of likely N-dealkylation sites (tertiary alicyclic amines) is 1. The molecule has 0 bridgehead atoms. The van der Waals surface area contributed by atoms with Gasteiger partial charge in [0.25, 0.3) is 5.91 Å². The lowest BCUT2D eigenvalue weighted by Crippen LogP contribution is -2.39. The summed E-state index contributed by atoms with van der Waals surface area (Å²) in [4.78, 5) is 30.5. The summed E-state index contributed by atoms with van der Waals surface area (Å²) < 4.78 is 19.3. The van der Waals surface area contributed by atoms with E-state index in [0.717, 1.165) is 60.4 Å². The van der Waals surface area contributed by atoms with Crippen molar-refractivity contribution in [2.45, 2.75) is 39.0 Å². The molecule has 0 N–H and O–H groups in total. The monoisotopic (exact) mass is 712 g/mol. The molecule has 0 unspecified atom stereocenters. The predicted molar refractivity (Wildman–Crippen MR) is 209 cm³/mol. The Morgan fingerprint density at radius 3 is 2.06 bits per heavy atom. The van der Waals surface area contributed by atoms with Crippen LogP contribution in [0.4, 0.5) is 0 Å². The molecule has 0 atom stereocenters. The van der Waals surface area contributed by atoms with Gasteiger partial charge >= 0.3 is 0 Å². The maximum atomic E-state index is 13.5. The molecule has 5 aromatic rings. The van der Waals surface area contributed by atoms with E-state index in [9.17, 15) is 9.59 Å². The van der Waals surface area contributed by atoms with Gasteiger partial charge in [-0.25, -0.2) is 4.68 Å². The van der Waals surface area contributed by atoms with E-state index in [-0.39, 0.29) is 11.8 Å². The van der Waals surface area contributed by atoms with Crippen LogP contribution < -0.4 is 14.2 Å². The number of ether oxygens (including phenoxy) is 3. The van der Waals surface area contributed by atoms with Crippen LogP contribution >= 0.6 is 0 Å². The zero-order valence-electron chi connectivity index (χ0n) is 31.2. The number of benzene rings is 4. The fourth-order valence-corrected chi connectivity index (χ4v) is 6.80. The van der Waals surface area contributed by atoms with Gasteiger partial charge in [-0.2, -0.15) is 5.10 Å². The number of piperidine rings is 1. The highest BCUT2D eigenvalue weighted by Crippen LogP contribution is 2.34. The standard InChI is InChI=1S/C44H48N4O5/c1-31-40(20-21-42(49)47-24-22-33(23-25-47)26-32-12-8-6-9-13-32)44(48(45-31)36-14-10-7-11-15-36)53-37-18-16-35(17-19-37)41(43(50)46(2)3)29-34-27-38(51-4)30-39(28-34)52-5/h6-19,27-30,33H,20-26H2,1-5H3. The van der Waals surface area contributed by atoms with Gasteiger partial charge in [0.15, 0.2) is 0 Å². The molecule has 0 aliphatic carbocycles. The summed E-state index contributed by atoms with van der Waals surface area (Å²) >= 11 is 0. The molecule has 2 amide bonds. The Morgan fingerprint density at radius 2 is 1.45 bits per heavy atom. The number of rotatable bonds is 13. The van der Waals surface area contributed by atoms with Crippen molar-refractivity contribution < 1.29 is 23.8 Å². The van der Waals surface area contributed by atoms with Crippen molar-refractivity contribution in [3.8, 4) is 28.8 Å². The molecule has 274 valence electrons. The van der Waals surface area contributed by atoms with E-state index < -0.39 is 0 Å². The van der Waals surface area contributed by atoms with Crippen LogP contribution in [0.3, 0.4) is 0 Å². The zero-order valence-corrected chi connectivity index (χ0v) is 31.2. The van der Waals surface area contributed by atoms with Gasteiger partial charge in [0.1, 0.15) is 17.2 Å². The molecular weight excluding hydrogens is 665 g/mol. The van der Waals surface area contributed by atoms with Crippen molar-refractivity contribution in [3.63, 3.8) is 0 Å². The number of carbonyl (C=O) groups excluding carboxylic acids is 2. The van der Waals surface area contributed by atoms with Gasteiger partial charge in [0, 0.05) is 50.8 Å². The number of hydrogen-bond donors (Lipinski definition) is 0. The van der Waals surface area contributed by atoms with Crippen molar-refractivity contribution in [1.29, 1.82) is 0 Å². The Kier molecular flexibility index (Phi) is 11.9. The van der Waals surface area contributed by atoms with Gasteiger partial charge in [-0.15, -0.1) is 0 Å². The second-order valence-corrected chi connectivity index (χ2v) is 13.7. The molecule has 1 aliphatic rings. The third-order valence-corrected chi connectivity index (χ3v) is 9.76. The number of aryl methyl sites for hydroxylation is 1. The summed E-state index contributed by atoms with van der Waals surface area (Å²) in [6.07, 6.45) is 5.79. The fourth-order valence-electron chi connectivity index (χ4n) is 6.80. The van der Waals surface area contributed by atoms with Crippen LogP contribution in [0.25, 0.3) is 17.3 Å². The predicted octanol–water partition coefficient (Wildman–Crippen LogP) is 8.03. The van der Waals surface area contributed by atoms with Crippen molar-refractivity contribution in [1.82, 2.24) is 19.6 Å². The van der Waals surface area contributed by atoms with Crippen molar-refractivity contribution >= 4 is 23.5 Å². The number of nitrogens with zero attached hydrogens (tertiary/aromatic N) is 4. The SMILES string of the molecule is COc1cc(C=C(C(=O)N(C)C)c2ccc(Oc3c(CCC(=O)N4CCC(Cc5ccccc5)CC4)c(C)nn3-c3ccccc3)cc2)cc(OC)c1. The second kappa shape index (κ2) is 17.1. The molecule has 53 heavy (non-hydrogen) atoms. The first-order valence-corrected chi connectivity index (χ1v) is 18.1. The third kappa shape index (κ3) is 9.16. The Morgan fingerprint density at radius 1 is 0.830 bits per heavy atom. The first-order chi connectivity index (χ1) is 25.7. The van der Waals surface area contributed by atoms with Crippen LogP contribution in [0.15, 0.2) is 103 Å². The van der Waals surface area contributed by atoms with E-state index in [2.05, 4.69) is 30.3 Å². The van der Waals surface area contributed by atoms with E-state index in [4.69, 9.17) is 19.3 Å². The molecule has 1 saturated heterocycles. The number of amides is 2. The number of methoxy groups -OCH3 is 2. The molecule has 4 aromatic carbocycles. The maximum absolute atomic E-state index is 13.5. The summed E-state index contributed by atoms with van der Waals surface area (Å²) in [7, 11) is 6.65. The largest absolute Gasteiger partial charge is 0.497 e. The minimum absolute atomic E-state index is 0.148. The van der Waals surface area contributed by atoms with Gasteiger partial charge in [0.2, 0.25) is 11.8 Å². The highest BCUT2D eigenvalue weighted by Gasteiger charge is 2.25. The molecule has 0 spiro atoms. The molecule has 9 heteroatoms. The summed E-state index contributed by atoms with van der Waals surface area (Å²) in [5.41, 5.74) is 5.92. The van der Waals surface area contributed by atoms with Crippen LogP contribution in [0, 0.1) is 12.8 Å². The van der Waals surface area contributed by atoms with Crippen LogP contribution in [0.2, 0.25) is 0 Å². The normalized spacial score (nSPS) is 13.5. The summed E-state index contributed by atoms with van der Waals surface area (Å²) in [5, 5.41) is 4.87. The molecule has 1 fully saturated rings. The molecular formula is C44H48N4O5. The molecule has 1 aliphatic heterocycles. The second-order valence-electron chi connectivity index (χ2n) is 13.7. The Hall–Kier alpha value is -5.83. The molecule has 6 rings (SSSR count). The molecule has 2 heterocycles. The molecule has 0 radical (unpaired) electrons. The molecule has 0 saturated carbocycles. The molecule has 9 nitrogen and oxygen atoms in total. The fraction of sp³-hybridized carbons (Fsp3) is 0.295. The first kappa shape index (κ1) is 36.9. The average Bonchev–Trinajstić information content (AvgIpc) is 3.50. The van der Waals surface area contributed by atoms with Crippen molar-refractivity contribution in [2.75, 3.05) is 41.4 Å². The first-order valence-electron chi connectivity index (χ1n) is 18.1. The van der Waals surface area contributed by atoms with Crippen LogP contribution in [-0.4, -0.2) is 72.8 Å². The summed E-state index contributed by atoms with van der Waals surface area (Å²) in [6, 6.07) is 33.4. The lowest BCUT2D eigenvalue weighted by atomic mass is 9.90. The smallest absolute Gasteiger partial charge is 0.253 e. The van der Waals surface area contributed by atoms with E-state index in [1.54, 1.807) is 44.0 Å². The summed E-state index contributed by atoms with van der Waals surface area (Å²) in [6.45, 7) is 3.53. The Labute approximate surface area is 312 Å². The number of aromatic nitrogens is 2. The lowest BCUT2D eigenvalue weighted by Gasteiger charge is -2.32. The van der Waals surface area contributed by atoms with Gasteiger partial charge in [-0.05, 0) is 97.7 Å². The van der Waals surface area contributed by atoms with Gasteiger partial charge in [-0.3, -0.25) is 9.59 Å². The van der Waals surface area contributed by atoms with Gasteiger partial charge < -0.3 is 24.0 Å². The van der Waals surface area contributed by atoms with E-state index in [0.29, 0.717) is 47.5 Å². The Balaban J connectivity index is 1.21. The van der Waals surface area contributed by atoms with E-state index in [1.807, 2.05) is 84.6 Å². The topological polar surface area (TPSA) is 86.1 Å². The lowest BCUT2D eigenvalue weighted by molar-refractivity contribution is -0.132. The third-order valence-electron chi connectivity index (χ3n) is 9.76. The van der Waals surface area contributed by atoms with Crippen LogP contribution in [0.5, 0.6) is 23.1 Å². The minimum Gasteiger partial charge on any atom is -0.497 e. The maximum Gasteiger partial charge on any atom is 0.253 e. The van der Waals surface area contributed by atoms with Crippen molar-refractivity contribution in [2.24, 2.45) is 5.92 Å². The van der Waals surface area contributed by atoms with Crippen LogP contribution in [-0.2, 0) is 22.4 Å². The highest BCUT2D eigenvalue weighted by molar-refractivity contribution is 6.24. The number of carbonyl (C=O) groups is 2. The highest BCUT2D eigenvalue weighted by atomic mass is 16.5. The van der Waals surface area contributed by atoms with Gasteiger partial charge in [0.05, 0.1) is 25.6 Å². The van der Waals surface area contributed by atoms with Crippen molar-refractivity contribution in [3.05, 3.63) is 131 Å². The quantitative estimate of drug-likeness (QED) is 0.0908.